The van der Waals surface area contributed by atoms with E-state index in [1.165, 1.54) is 9.71 Å². The Morgan fingerprint density at radius 3 is 2.39 bits per heavy atom. The molecule has 38 heavy (non-hydrogen) atoms. The lowest BCUT2D eigenvalue weighted by Crippen LogP contribution is -2.46. The fraction of sp³-hybridized carbons (Fsp3) is 0.345. The molecule has 0 fully saturated rings. The molecule has 3 rings (SSSR count). The Hall–Kier alpha value is -3.14. The van der Waals surface area contributed by atoms with Crippen molar-refractivity contribution in [2.45, 2.75) is 39.3 Å². The van der Waals surface area contributed by atoms with Crippen LogP contribution < -0.4 is 9.47 Å². The minimum Gasteiger partial charge on any atom is -0.493 e. The van der Waals surface area contributed by atoms with E-state index >= 15 is 0 Å². The summed E-state index contributed by atoms with van der Waals surface area (Å²) in [6.45, 7) is 4.36. The molecule has 0 saturated heterocycles. The van der Waals surface area contributed by atoms with Gasteiger partial charge in [-0.3, -0.25) is 4.79 Å². The molecule has 0 radical (unpaired) electrons. The number of carbonyl (C=O) groups excluding carboxylic acids is 1. The third-order valence-electron chi connectivity index (χ3n) is 6.33. The second-order valence-electron chi connectivity index (χ2n) is 8.89. The maximum Gasteiger partial charge on any atom is 0.238 e. The van der Waals surface area contributed by atoms with Gasteiger partial charge in [0.15, 0.2) is 11.5 Å². The van der Waals surface area contributed by atoms with Crippen molar-refractivity contribution < 1.29 is 22.7 Å². The van der Waals surface area contributed by atoms with Crippen molar-refractivity contribution in [3.8, 4) is 11.5 Å². The lowest BCUT2D eigenvalue weighted by Gasteiger charge is -2.29. The molecule has 1 amide bonds. The maximum absolute atomic E-state index is 13.6. The smallest absolute Gasteiger partial charge is 0.238 e. The van der Waals surface area contributed by atoms with Crippen molar-refractivity contribution in [1.29, 1.82) is 0 Å². The molecule has 0 saturated carbocycles. The Balaban J connectivity index is 1.81. The molecule has 1 aromatic heterocycles. The van der Waals surface area contributed by atoms with E-state index in [2.05, 4.69) is 0 Å². The molecular weight excluding hydrogens is 520 g/mol. The van der Waals surface area contributed by atoms with Gasteiger partial charge < -0.3 is 14.4 Å². The second kappa shape index (κ2) is 14.1. The zero-order valence-corrected chi connectivity index (χ0v) is 24.0. The van der Waals surface area contributed by atoms with Crippen LogP contribution in [-0.4, -0.2) is 56.9 Å². The molecule has 0 bridgehead atoms. The highest BCUT2D eigenvalue weighted by Crippen LogP contribution is 2.28. The van der Waals surface area contributed by atoms with E-state index in [0.29, 0.717) is 37.4 Å². The first-order chi connectivity index (χ1) is 18.3. The highest BCUT2D eigenvalue weighted by molar-refractivity contribution is 7.92. The topological polar surface area (TPSA) is 76.2 Å². The zero-order valence-electron chi connectivity index (χ0n) is 22.4. The summed E-state index contributed by atoms with van der Waals surface area (Å²) in [4.78, 5) is 16.4. The normalized spacial score (nSPS) is 12.6. The van der Waals surface area contributed by atoms with Gasteiger partial charge in [0.05, 0.1) is 27.3 Å². The molecule has 204 valence electrons. The van der Waals surface area contributed by atoms with Gasteiger partial charge in [-0.05, 0) is 60.5 Å². The number of hydrogen-bond acceptors (Lipinski definition) is 6. The van der Waals surface area contributed by atoms with E-state index in [-0.39, 0.29) is 18.5 Å². The Bertz CT molecular complexity index is 1290. The predicted molar refractivity (Wildman–Crippen MR) is 154 cm³/mol. The van der Waals surface area contributed by atoms with Crippen LogP contribution in [0.4, 0.5) is 0 Å². The number of hydrogen-bond donors (Lipinski definition) is 0. The molecular formula is C29H36N2O5S2. The van der Waals surface area contributed by atoms with Crippen molar-refractivity contribution in [3.63, 3.8) is 0 Å². The zero-order chi connectivity index (χ0) is 27.5. The number of amides is 1. The molecule has 2 aromatic carbocycles. The number of benzene rings is 2. The molecule has 0 N–H and O–H groups in total. The summed E-state index contributed by atoms with van der Waals surface area (Å²) in [7, 11) is -0.653. The van der Waals surface area contributed by atoms with Gasteiger partial charge in [-0.1, -0.05) is 49.4 Å². The summed E-state index contributed by atoms with van der Waals surface area (Å²) in [5.41, 5.74) is 1.77. The molecule has 1 heterocycles. The highest BCUT2D eigenvalue weighted by atomic mass is 32.2. The van der Waals surface area contributed by atoms with Crippen LogP contribution in [0.1, 0.15) is 36.3 Å². The van der Waals surface area contributed by atoms with E-state index < -0.39 is 10.0 Å². The first kappa shape index (κ1) is 29.4. The lowest BCUT2D eigenvalue weighted by atomic mass is 10.1. The van der Waals surface area contributed by atoms with Crippen LogP contribution in [0.15, 0.2) is 71.5 Å². The van der Waals surface area contributed by atoms with Gasteiger partial charge in [0.1, 0.15) is 0 Å². The predicted octanol–water partition coefficient (Wildman–Crippen LogP) is 5.44. The van der Waals surface area contributed by atoms with E-state index in [4.69, 9.17) is 9.47 Å². The van der Waals surface area contributed by atoms with Crippen molar-refractivity contribution >= 4 is 33.3 Å². The highest BCUT2D eigenvalue weighted by Gasteiger charge is 2.29. The SMILES string of the molecule is CCC(C)N(CC(=O)N(CCc1ccc(OC)c(OC)c1)Cc1cccs1)S(=O)(=O)C=Cc1ccccc1. The Kier molecular flexibility index (Phi) is 10.9. The fourth-order valence-electron chi connectivity index (χ4n) is 3.92. The number of thiophene rings is 1. The molecule has 1 unspecified atom stereocenters. The van der Waals surface area contributed by atoms with Crippen LogP contribution in [-0.2, 0) is 27.8 Å². The van der Waals surface area contributed by atoms with Crippen molar-refractivity contribution in [3.05, 3.63) is 87.5 Å². The molecule has 0 spiro atoms. The van der Waals surface area contributed by atoms with Gasteiger partial charge in [0.25, 0.3) is 0 Å². The van der Waals surface area contributed by atoms with Crippen LogP contribution >= 0.6 is 11.3 Å². The van der Waals surface area contributed by atoms with Gasteiger partial charge in [-0.15, -0.1) is 11.3 Å². The summed E-state index contributed by atoms with van der Waals surface area (Å²) in [6.07, 6.45) is 2.74. The number of sulfonamides is 1. The minimum absolute atomic E-state index is 0.228. The molecule has 0 aliphatic heterocycles. The van der Waals surface area contributed by atoms with Crippen LogP contribution in [0.5, 0.6) is 11.5 Å². The van der Waals surface area contributed by atoms with Gasteiger partial charge in [-0.2, -0.15) is 4.31 Å². The van der Waals surface area contributed by atoms with Crippen molar-refractivity contribution in [1.82, 2.24) is 9.21 Å². The summed E-state index contributed by atoms with van der Waals surface area (Å²) >= 11 is 1.57. The summed E-state index contributed by atoms with van der Waals surface area (Å²) < 4.78 is 38.7. The molecule has 0 aliphatic carbocycles. The average Bonchev–Trinajstić information content (AvgIpc) is 3.46. The largest absolute Gasteiger partial charge is 0.493 e. The van der Waals surface area contributed by atoms with Gasteiger partial charge in [0, 0.05) is 22.9 Å². The number of carbonyl (C=O) groups is 1. The van der Waals surface area contributed by atoms with Crippen molar-refractivity contribution in [2.75, 3.05) is 27.3 Å². The molecule has 3 aromatic rings. The number of nitrogens with zero attached hydrogens (tertiary/aromatic N) is 2. The summed E-state index contributed by atoms with van der Waals surface area (Å²) in [5, 5.41) is 3.16. The van der Waals surface area contributed by atoms with Gasteiger partial charge in [-0.25, -0.2) is 8.42 Å². The van der Waals surface area contributed by atoms with E-state index in [1.807, 2.05) is 79.9 Å². The Morgan fingerprint density at radius 2 is 1.76 bits per heavy atom. The maximum atomic E-state index is 13.6. The first-order valence-corrected chi connectivity index (χ1v) is 14.9. The third-order valence-corrected chi connectivity index (χ3v) is 8.81. The van der Waals surface area contributed by atoms with Gasteiger partial charge in [0.2, 0.25) is 15.9 Å². The Labute approximate surface area is 230 Å². The fourth-order valence-corrected chi connectivity index (χ4v) is 6.07. The molecule has 0 aliphatic rings. The molecule has 1 atom stereocenters. The van der Waals surface area contributed by atoms with Gasteiger partial charge >= 0.3 is 0 Å². The van der Waals surface area contributed by atoms with Crippen LogP contribution in [0.3, 0.4) is 0 Å². The monoisotopic (exact) mass is 556 g/mol. The van der Waals surface area contributed by atoms with E-state index in [9.17, 15) is 13.2 Å². The first-order valence-electron chi connectivity index (χ1n) is 12.5. The third kappa shape index (κ3) is 8.18. The quantitative estimate of drug-likeness (QED) is 0.264. The molecule has 7 nitrogen and oxygen atoms in total. The van der Waals surface area contributed by atoms with Crippen molar-refractivity contribution in [2.24, 2.45) is 0 Å². The second-order valence-corrected chi connectivity index (χ2v) is 11.7. The van der Waals surface area contributed by atoms with Crippen LogP contribution in [0.2, 0.25) is 0 Å². The van der Waals surface area contributed by atoms with E-state index in [0.717, 1.165) is 16.0 Å². The lowest BCUT2D eigenvalue weighted by molar-refractivity contribution is -0.132. The standard InChI is InChI=1S/C29H36N2O5S2/c1-5-23(2)31(38(33,34)19-16-24-10-7-6-8-11-24)22-29(32)30(21-26-12-9-18-37-26)17-15-25-13-14-27(35-3)28(20-25)36-4/h6-14,16,18-20,23H,5,15,17,21-22H2,1-4H3. The van der Waals surface area contributed by atoms with Crippen LogP contribution in [0, 0.1) is 0 Å². The Morgan fingerprint density at radius 1 is 1.03 bits per heavy atom. The van der Waals surface area contributed by atoms with E-state index in [1.54, 1.807) is 36.5 Å². The number of ether oxygens (including phenoxy) is 2. The summed E-state index contributed by atoms with van der Waals surface area (Å²) in [6, 6.07) is 18.5. The number of methoxy groups -OCH3 is 2. The number of rotatable bonds is 14. The minimum atomic E-state index is -3.83. The summed E-state index contributed by atoms with van der Waals surface area (Å²) in [5.74, 6) is 1.02. The average molecular weight is 557 g/mol. The molecule has 9 heteroatoms. The van der Waals surface area contributed by atoms with Crippen LogP contribution in [0.25, 0.3) is 6.08 Å².